The second kappa shape index (κ2) is 12.1. The monoisotopic (exact) mass is 409 g/mol. The molecule has 0 radical (unpaired) electrons. The third-order valence-electron chi connectivity index (χ3n) is 4.48. The van der Waals surface area contributed by atoms with Crippen molar-refractivity contribution in [2.24, 2.45) is 0 Å². The first kappa shape index (κ1) is 21.9. The summed E-state index contributed by atoms with van der Waals surface area (Å²) in [6.45, 7) is 4.26. The maximum absolute atomic E-state index is 6.26. The van der Waals surface area contributed by atoms with Crippen LogP contribution in [-0.4, -0.2) is 13.7 Å². The Balaban J connectivity index is 1.98. The number of para-hydroxylation sites is 1. The van der Waals surface area contributed by atoms with Gasteiger partial charge >= 0.3 is 0 Å². The smallest absolute Gasteiger partial charge is 0.166 e. The van der Waals surface area contributed by atoms with Gasteiger partial charge in [0.05, 0.1) is 7.11 Å². The van der Waals surface area contributed by atoms with E-state index in [0.29, 0.717) is 22.4 Å². The van der Waals surface area contributed by atoms with Gasteiger partial charge in [-0.15, -0.1) is 0 Å². The summed E-state index contributed by atoms with van der Waals surface area (Å²) in [5.74, 6) is 1.44. The molecule has 0 aliphatic heterocycles. The minimum absolute atomic E-state index is 0.295. The van der Waals surface area contributed by atoms with E-state index in [2.05, 4.69) is 18.3 Å². The zero-order valence-corrected chi connectivity index (χ0v) is 17.7. The van der Waals surface area contributed by atoms with Crippen molar-refractivity contribution in [1.82, 2.24) is 5.32 Å². The summed E-state index contributed by atoms with van der Waals surface area (Å²) in [6, 6.07) is 11.4. The predicted octanol–water partition coefficient (Wildman–Crippen LogP) is 6.64. The van der Waals surface area contributed by atoms with Gasteiger partial charge in [0.2, 0.25) is 0 Å². The lowest BCUT2D eigenvalue weighted by atomic mass is 10.1. The van der Waals surface area contributed by atoms with Gasteiger partial charge in [-0.05, 0) is 31.2 Å². The number of nitrogens with one attached hydrogen (secondary N) is 1. The fraction of sp³-hybridized carbons (Fsp3) is 0.455. The molecule has 0 atom stereocenters. The summed E-state index contributed by atoms with van der Waals surface area (Å²) in [4.78, 5) is 0. The van der Waals surface area contributed by atoms with Crippen molar-refractivity contribution in [2.75, 3.05) is 13.7 Å². The molecule has 3 nitrogen and oxygen atoms in total. The van der Waals surface area contributed by atoms with Crippen LogP contribution in [0.3, 0.4) is 0 Å². The number of hydrogen-bond donors (Lipinski definition) is 1. The van der Waals surface area contributed by atoms with E-state index < -0.39 is 0 Å². The van der Waals surface area contributed by atoms with Gasteiger partial charge in [0.15, 0.2) is 11.5 Å². The molecule has 0 saturated carbocycles. The Bertz CT molecular complexity index is 686. The van der Waals surface area contributed by atoms with E-state index in [1.807, 2.05) is 30.3 Å². The highest BCUT2D eigenvalue weighted by Crippen LogP contribution is 2.33. The van der Waals surface area contributed by atoms with Gasteiger partial charge in [-0.1, -0.05) is 74.0 Å². The second-order valence-electron chi connectivity index (χ2n) is 6.53. The largest absolute Gasteiger partial charge is 0.493 e. The van der Waals surface area contributed by atoms with Crippen LogP contribution in [0.25, 0.3) is 0 Å². The fourth-order valence-electron chi connectivity index (χ4n) is 2.92. The molecule has 0 unspecified atom stereocenters. The number of methoxy groups -OCH3 is 1. The lowest BCUT2D eigenvalue weighted by Crippen LogP contribution is -2.15. The molecule has 0 spiro atoms. The van der Waals surface area contributed by atoms with E-state index in [9.17, 15) is 0 Å². The summed E-state index contributed by atoms with van der Waals surface area (Å²) in [5.41, 5.74) is 1.84. The van der Waals surface area contributed by atoms with E-state index in [-0.39, 0.29) is 0 Å². The van der Waals surface area contributed by atoms with Crippen LogP contribution in [0, 0.1) is 0 Å². The molecule has 0 saturated heterocycles. The van der Waals surface area contributed by atoms with Crippen LogP contribution in [0.2, 0.25) is 10.0 Å². The Labute approximate surface area is 173 Å². The third kappa shape index (κ3) is 6.91. The fourth-order valence-corrected chi connectivity index (χ4v) is 3.42. The first-order valence-corrected chi connectivity index (χ1v) is 10.3. The van der Waals surface area contributed by atoms with E-state index in [4.69, 9.17) is 32.7 Å². The third-order valence-corrected chi connectivity index (χ3v) is 5.18. The van der Waals surface area contributed by atoms with Crippen molar-refractivity contribution in [3.05, 3.63) is 57.6 Å². The number of unbranched alkanes of at least 4 members (excludes halogenated alkanes) is 4. The van der Waals surface area contributed by atoms with Crippen LogP contribution in [0.5, 0.6) is 11.5 Å². The molecule has 5 heteroatoms. The van der Waals surface area contributed by atoms with Crippen molar-refractivity contribution in [3.63, 3.8) is 0 Å². The van der Waals surface area contributed by atoms with Crippen LogP contribution < -0.4 is 14.8 Å². The summed E-state index contributed by atoms with van der Waals surface area (Å²) in [6.07, 6.45) is 6.36. The molecule has 0 fully saturated rings. The molecule has 0 amide bonds. The highest BCUT2D eigenvalue weighted by Gasteiger charge is 2.13. The Morgan fingerprint density at radius 3 is 2.33 bits per heavy atom. The van der Waals surface area contributed by atoms with Crippen LogP contribution in [-0.2, 0) is 13.2 Å². The number of hydrogen-bond acceptors (Lipinski definition) is 3. The highest BCUT2D eigenvalue weighted by molar-refractivity contribution is 6.35. The molecule has 2 aromatic rings. The second-order valence-corrected chi connectivity index (χ2v) is 7.34. The molecule has 0 aromatic heterocycles. The van der Waals surface area contributed by atoms with Crippen molar-refractivity contribution in [1.29, 1.82) is 0 Å². The molecule has 148 valence electrons. The molecule has 1 N–H and O–H groups in total. The number of halogens is 2. The zero-order valence-electron chi connectivity index (χ0n) is 16.2. The van der Waals surface area contributed by atoms with Gasteiger partial charge in [0, 0.05) is 27.7 Å². The van der Waals surface area contributed by atoms with E-state index in [1.54, 1.807) is 7.11 Å². The first-order chi connectivity index (χ1) is 13.2. The quantitative estimate of drug-likeness (QED) is 0.398. The van der Waals surface area contributed by atoms with Gasteiger partial charge < -0.3 is 14.8 Å². The van der Waals surface area contributed by atoms with Gasteiger partial charge in [-0.25, -0.2) is 0 Å². The van der Waals surface area contributed by atoms with Crippen LogP contribution >= 0.6 is 23.2 Å². The Kier molecular flexibility index (Phi) is 9.82. The molecule has 0 bridgehead atoms. The van der Waals surface area contributed by atoms with Gasteiger partial charge in [0.1, 0.15) is 6.61 Å². The van der Waals surface area contributed by atoms with E-state index >= 15 is 0 Å². The Morgan fingerprint density at radius 2 is 1.63 bits per heavy atom. The molecular weight excluding hydrogens is 381 g/mol. The van der Waals surface area contributed by atoms with Crippen LogP contribution in [0.1, 0.15) is 50.2 Å². The maximum atomic E-state index is 6.26. The lowest BCUT2D eigenvalue weighted by molar-refractivity contribution is 0.281. The number of benzene rings is 2. The Morgan fingerprint density at radius 1 is 0.926 bits per heavy atom. The van der Waals surface area contributed by atoms with Gasteiger partial charge in [-0.2, -0.15) is 0 Å². The molecular formula is C22H29Cl2NO2. The first-order valence-electron chi connectivity index (χ1n) is 9.59. The molecule has 27 heavy (non-hydrogen) atoms. The normalized spacial score (nSPS) is 10.8. The number of ether oxygens (including phenoxy) is 2. The van der Waals surface area contributed by atoms with Crippen molar-refractivity contribution in [3.8, 4) is 11.5 Å². The van der Waals surface area contributed by atoms with Crippen LogP contribution in [0.15, 0.2) is 36.4 Å². The summed E-state index contributed by atoms with van der Waals surface area (Å²) < 4.78 is 11.6. The van der Waals surface area contributed by atoms with E-state index in [1.165, 1.54) is 32.1 Å². The Hall–Kier alpha value is -1.42. The average Bonchev–Trinajstić information content (AvgIpc) is 2.67. The molecule has 2 aromatic carbocycles. The SMILES string of the molecule is CCCCCCCNCc1cccc(OC)c1OCc1c(Cl)cccc1Cl. The highest BCUT2D eigenvalue weighted by atomic mass is 35.5. The zero-order chi connectivity index (χ0) is 19.5. The average molecular weight is 410 g/mol. The van der Waals surface area contributed by atoms with Crippen LogP contribution in [0.4, 0.5) is 0 Å². The van der Waals surface area contributed by atoms with Gasteiger partial charge in [0.25, 0.3) is 0 Å². The van der Waals surface area contributed by atoms with Crippen molar-refractivity contribution < 1.29 is 9.47 Å². The van der Waals surface area contributed by atoms with E-state index in [0.717, 1.165) is 30.0 Å². The minimum atomic E-state index is 0.295. The summed E-state index contributed by atoms with van der Waals surface area (Å²) in [7, 11) is 1.65. The summed E-state index contributed by atoms with van der Waals surface area (Å²) in [5, 5.41) is 4.71. The molecule has 0 heterocycles. The minimum Gasteiger partial charge on any atom is -0.493 e. The molecule has 0 aliphatic rings. The lowest BCUT2D eigenvalue weighted by Gasteiger charge is -2.16. The topological polar surface area (TPSA) is 30.5 Å². The number of rotatable bonds is 12. The van der Waals surface area contributed by atoms with Crippen molar-refractivity contribution >= 4 is 23.2 Å². The predicted molar refractivity (Wildman–Crippen MR) is 114 cm³/mol. The standard InChI is InChI=1S/C22H29Cl2NO2/c1-3-4-5-6-7-14-25-15-17-10-8-13-21(26-2)22(17)27-16-18-19(23)11-9-12-20(18)24/h8-13,25H,3-7,14-16H2,1-2H3. The molecule has 0 aliphatic carbocycles. The molecule has 2 rings (SSSR count). The van der Waals surface area contributed by atoms with Crippen molar-refractivity contribution in [2.45, 2.75) is 52.2 Å². The summed E-state index contributed by atoms with van der Waals surface area (Å²) >= 11 is 12.5. The van der Waals surface area contributed by atoms with Gasteiger partial charge in [-0.3, -0.25) is 0 Å². The maximum Gasteiger partial charge on any atom is 0.166 e.